The zero-order valence-electron chi connectivity index (χ0n) is 10.2. The lowest BCUT2D eigenvalue weighted by atomic mass is 9.77. The molecule has 1 aliphatic carbocycles. The van der Waals surface area contributed by atoms with E-state index in [0.717, 1.165) is 11.8 Å². The Kier molecular flexibility index (Phi) is 3.56. The Labute approximate surface area is 109 Å². The van der Waals surface area contributed by atoms with Gasteiger partial charge >= 0.3 is 0 Å². The van der Waals surface area contributed by atoms with Gasteiger partial charge in [-0.2, -0.15) is 0 Å². The lowest BCUT2D eigenvalue weighted by Gasteiger charge is -2.30. The van der Waals surface area contributed by atoms with Gasteiger partial charge in [0.25, 0.3) is 0 Å². The zero-order valence-corrected chi connectivity index (χ0v) is 11.0. The highest BCUT2D eigenvalue weighted by molar-refractivity contribution is 8.02. The molecule has 2 unspecified atom stereocenters. The first-order valence-corrected chi connectivity index (χ1v) is 7.76. The molecule has 0 nitrogen and oxygen atoms in total. The van der Waals surface area contributed by atoms with Gasteiger partial charge in [-0.05, 0) is 35.6 Å². The summed E-state index contributed by atoms with van der Waals surface area (Å²) in [6, 6.07) is 11.0. The van der Waals surface area contributed by atoms with Gasteiger partial charge in [0.05, 0.1) is 0 Å². The van der Waals surface area contributed by atoms with Crippen molar-refractivity contribution in [2.75, 3.05) is 0 Å². The fourth-order valence-electron chi connectivity index (χ4n) is 3.28. The van der Waals surface area contributed by atoms with Gasteiger partial charge in [0.2, 0.25) is 0 Å². The number of benzene rings is 1. The minimum absolute atomic E-state index is 0.680. The van der Waals surface area contributed by atoms with Crippen molar-refractivity contribution in [3.63, 3.8) is 0 Å². The van der Waals surface area contributed by atoms with Gasteiger partial charge in [-0.1, -0.05) is 55.7 Å². The average molecular weight is 244 g/mol. The molecule has 1 fully saturated rings. The Morgan fingerprint density at radius 1 is 0.941 bits per heavy atom. The highest BCUT2D eigenvalue weighted by Crippen LogP contribution is 2.49. The number of thioether (sulfide) groups is 1. The second-order valence-electron chi connectivity index (χ2n) is 5.27. The molecular weight excluding hydrogens is 224 g/mol. The summed E-state index contributed by atoms with van der Waals surface area (Å²) in [6.45, 7) is 0. The van der Waals surface area contributed by atoms with Crippen LogP contribution in [0.2, 0.25) is 0 Å². The highest BCUT2D eigenvalue weighted by Gasteiger charge is 2.32. The molecule has 1 saturated carbocycles. The van der Waals surface area contributed by atoms with E-state index >= 15 is 0 Å². The van der Waals surface area contributed by atoms with Crippen molar-refractivity contribution in [3.05, 3.63) is 47.4 Å². The third kappa shape index (κ3) is 2.44. The molecule has 0 N–H and O–H groups in total. The molecule has 3 rings (SSSR count). The van der Waals surface area contributed by atoms with E-state index in [-0.39, 0.29) is 0 Å². The van der Waals surface area contributed by atoms with Crippen molar-refractivity contribution in [2.24, 2.45) is 11.8 Å². The van der Waals surface area contributed by atoms with Crippen molar-refractivity contribution in [1.82, 2.24) is 0 Å². The molecule has 2 atom stereocenters. The molecule has 17 heavy (non-hydrogen) atoms. The summed E-state index contributed by atoms with van der Waals surface area (Å²) >= 11 is 2.02. The van der Waals surface area contributed by atoms with E-state index in [9.17, 15) is 0 Å². The van der Waals surface area contributed by atoms with Crippen LogP contribution in [0.15, 0.2) is 41.8 Å². The molecule has 0 amide bonds. The van der Waals surface area contributed by atoms with Crippen LogP contribution in [-0.4, -0.2) is 0 Å². The van der Waals surface area contributed by atoms with Crippen LogP contribution in [0.4, 0.5) is 0 Å². The van der Waals surface area contributed by atoms with Gasteiger partial charge in [-0.25, -0.2) is 0 Å². The Bertz CT molecular complexity index is 376. The molecule has 1 aromatic carbocycles. The van der Waals surface area contributed by atoms with Gasteiger partial charge in [-0.3, -0.25) is 0 Å². The molecular formula is C16H20S. The van der Waals surface area contributed by atoms with E-state index in [1.165, 1.54) is 37.7 Å². The summed E-state index contributed by atoms with van der Waals surface area (Å²) in [5.74, 6) is 1.71. The normalized spacial score (nSPS) is 29.6. The van der Waals surface area contributed by atoms with Crippen LogP contribution in [0.3, 0.4) is 0 Å². The maximum atomic E-state index is 2.47. The SMILES string of the molecule is C1=CC(C2CCCCC2)C(c2ccccc2)S1. The topological polar surface area (TPSA) is 0 Å². The van der Waals surface area contributed by atoms with Crippen molar-refractivity contribution >= 4 is 11.8 Å². The quantitative estimate of drug-likeness (QED) is 0.690. The summed E-state index contributed by atoms with van der Waals surface area (Å²) in [5, 5.41) is 3.01. The van der Waals surface area contributed by atoms with E-state index in [1.807, 2.05) is 11.8 Å². The minimum atomic E-state index is 0.680. The van der Waals surface area contributed by atoms with Crippen molar-refractivity contribution in [2.45, 2.75) is 37.4 Å². The van der Waals surface area contributed by atoms with Crippen LogP contribution < -0.4 is 0 Å². The molecule has 1 heteroatoms. The second kappa shape index (κ2) is 5.30. The van der Waals surface area contributed by atoms with E-state index in [4.69, 9.17) is 0 Å². The molecule has 90 valence electrons. The fraction of sp³-hybridized carbons (Fsp3) is 0.500. The van der Waals surface area contributed by atoms with Crippen LogP contribution >= 0.6 is 11.8 Å². The summed E-state index contributed by atoms with van der Waals surface area (Å²) in [7, 11) is 0. The third-order valence-electron chi connectivity index (χ3n) is 4.20. The molecule has 0 bridgehead atoms. The predicted molar refractivity (Wildman–Crippen MR) is 76.0 cm³/mol. The maximum absolute atomic E-state index is 2.47. The molecule has 0 saturated heterocycles. The Morgan fingerprint density at radius 3 is 2.47 bits per heavy atom. The molecule has 0 radical (unpaired) electrons. The largest absolute Gasteiger partial charge is 0.126 e. The van der Waals surface area contributed by atoms with Crippen LogP contribution in [0.1, 0.15) is 42.9 Å². The van der Waals surface area contributed by atoms with E-state index in [1.54, 1.807) is 0 Å². The van der Waals surface area contributed by atoms with Crippen LogP contribution in [-0.2, 0) is 0 Å². The minimum Gasteiger partial charge on any atom is -0.126 e. The molecule has 1 aliphatic heterocycles. The highest BCUT2D eigenvalue weighted by atomic mass is 32.2. The van der Waals surface area contributed by atoms with Crippen molar-refractivity contribution < 1.29 is 0 Å². The lowest BCUT2D eigenvalue weighted by Crippen LogP contribution is -2.19. The van der Waals surface area contributed by atoms with Crippen LogP contribution in [0.25, 0.3) is 0 Å². The Morgan fingerprint density at radius 2 is 1.71 bits per heavy atom. The second-order valence-corrected chi connectivity index (χ2v) is 6.32. The maximum Gasteiger partial charge on any atom is 0.0404 e. The number of hydrogen-bond acceptors (Lipinski definition) is 1. The molecule has 0 spiro atoms. The Balaban J connectivity index is 1.77. The zero-order chi connectivity index (χ0) is 11.5. The number of hydrogen-bond donors (Lipinski definition) is 0. The first kappa shape index (κ1) is 11.4. The van der Waals surface area contributed by atoms with Gasteiger partial charge in [0.1, 0.15) is 0 Å². The van der Waals surface area contributed by atoms with Crippen molar-refractivity contribution in [1.29, 1.82) is 0 Å². The monoisotopic (exact) mass is 244 g/mol. The molecule has 1 aromatic rings. The summed E-state index contributed by atoms with van der Waals surface area (Å²) in [6.07, 6.45) is 9.70. The van der Waals surface area contributed by atoms with Gasteiger partial charge < -0.3 is 0 Å². The van der Waals surface area contributed by atoms with E-state index < -0.39 is 0 Å². The fourth-order valence-corrected chi connectivity index (χ4v) is 4.53. The standard InChI is InChI=1S/C16H20S/c1-3-7-13(8-4-1)15-11-12-17-16(15)14-9-5-2-6-10-14/h2,5-6,9-13,15-16H,1,3-4,7-8H2. The van der Waals surface area contributed by atoms with Crippen molar-refractivity contribution in [3.8, 4) is 0 Å². The summed E-state index contributed by atoms with van der Waals surface area (Å²) < 4.78 is 0. The summed E-state index contributed by atoms with van der Waals surface area (Å²) in [4.78, 5) is 0. The molecule has 0 aromatic heterocycles. The predicted octanol–water partition coefficient (Wildman–Crippen LogP) is 5.18. The van der Waals surface area contributed by atoms with Gasteiger partial charge in [0, 0.05) is 5.25 Å². The molecule has 1 heterocycles. The van der Waals surface area contributed by atoms with Gasteiger partial charge in [0.15, 0.2) is 0 Å². The third-order valence-corrected chi connectivity index (χ3v) is 5.39. The first-order chi connectivity index (χ1) is 8.45. The number of allylic oxidation sites excluding steroid dienone is 1. The van der Waals surface area contributed by atoms with Crippen LogP contribution in [0, 0.1) is 11.8 Å². The summed E-state index contributed by atoms with van der Waals surface area (Å²) in [5.41, 5.74) is 1.51. The molecule has 2 aliphatic rings. The van der Waals surface area contributed by atoms with E-state index in [0.29, 0.717) is 5.25 Å². The van der Waals surface area contributed by atoms with Gasteiger partial charge in [-0.15, -0.1) is 11.8 Å². The Hall–Kier alpha value is -0.690. The van der Waals surface area contributed by atoms with Crippen LogP contribution in [0.5, 0.6) is 0 Å². The lowest BCUT2D eigenvalue weighted by molar-refractivity contribution is 0.284. The number of rotatable bonds is 2. The first-order valence-electron chi connectivity index (χ1n) is 6.82. The smallest absolute Gasteiger partial charge is 0.0404 e. The van der Waals surface area contributed by atoms with E-state index in [2.05, 4.69) is 41.8 Å². The average Bonchev–Trinajstić information content (AvgIpc) is 2.90.